The lowest BCUT2D eigenvalue weighted by molar-refractivity contribution is 0.102. The third-order valence-corrected chi connectivity index (χ3v) is 6.75. The van der Waals surface area contributed by atoms with Crippen LogP contribution in [0, 0.1) is 6.92 Å². The summed E-state index contributed by atoms with van der Waals surface area (Å²) in [6.07, 6.45) is 0.772. The lowest BCUT2D eigenvalue weighted by Crippen LogP contribution is -2.16. The second-order valence-electron chi connectivity index (χ2n) is 7.82. The molecule has 10 heteroatoms. The van der Waals surface area contributed by atoms with E-state index in [1.807, 2.05) is 0 Å². The van der Waals surface area contributed by atoms with E-state index in [0.29, 0.717) is 53.2 Å². The highest BCUT2D eigenvalue weighted by Crippen LogP contribution is 2.34. The van der Waals surface area contributed by atoms with E-state index in [1.165, 1.54) is 32.4 Å². The molecule has 0 saturated carbocycles. The van der Waals surface area contributed by atoms with Gasteiger partial charge in [-0.3, -0.25) is 9.52 Å². The highest BCUT2D eigenvalue weighted by molar-refractivity contribution is 7.92. The van der Waals surface area contributed by atoms with Crippen LogP contribution in [0.5, 0.6) is 23.0 Å². The van der Waals surface area contributed by atoms with Gasteiger partial charge in [0.05, 0.1) is 38.0 Å². The minimum atomic E-state index is -3.99. The van der Waals surface area contributed by atoms with Crippen molar-refractivity contribution in [3.05, 3.63) is 65.7 Å². The van der Waals surface area contributed by atoms with Crippen molar-refractivity contribution in [2.24, 2.45) is 0 Å². The molecule has 0 radical (unpaired) electrons. The molecule has 35 heavy (non-hydrogen) atoms. The molecule has 0 bridgehead atoms. The maximum absolute atomic E-state index is 13.1. The molecular formula is C25H26N2O7S. The van der Waals surface area contributed by atoms with Crippen LogP contribution in [0.1, 0.15) is 22.3 Å². The van der Waals surface area contributed by atoms with Gasteiger partial charge in [-0.25, -0.2) is 8.42 Å². The van der Waals surface area contributed by atoms with Crippen LogP contribution in [-0.4, -0.2) is 41.8 Å². The summed E-state index contributed by atoms with van der Waals surface area (Å²) in [6, 6.07) is 14.1. The first-order valence-corrected chi connectivity index (χ1v) is 12.4. The number of ether oxygens (including phenoxy) is 4. The number of aryl methyl sites for hydroxylation is 1. The summed E-state index contributed by atoms with van der Waals surface area (Å²) in [5, 5.41) is 2.77. The molecule has 0 saturated heterocycles. The quantitative estimate of drug-likeness (QED) is 0.501. The van der Waals surface area contributed by atoms with E-state index < -0.39 is 15.9 Å². The number of benzene rings is 3. The van der Waals surface area contributed by atoms with Crippen LogP contribution in [0.15, 0.2) is 59.5 Å². The minimum Gasteiger partial charge on any atom is -0.493 e. The first-order valence-electron chi connectivity index (χ1n) is 10.9. The van der Waals surface area contributed by atoms with Gasteiger partial charge < -0.3 is 24.3 Å². The summed E-state index contributed by atoms with van der Waals surface area (Å²) in [6.45, 7) is 2.84. The Morgan fingerprint density at radius 1 is 0.914 bits per heavy atom. The van der Waals surface area contributed by atoms with Crippen molar-refractivity contribution >= 4 is 27.3 Å². The average molecular weight is 499 g/mol. The number of sulfonamides is 1. The number of carbonyl (C=O) groups is 1. The number of carbonyl (C=O) groups excluding carboxylic acids is 1. The zero-order valence-electron chi connectivity index (χ0n) is 19.6. The van der Waals surface area contributed by atoms with Gasteiger partial charge in [0.15, 0.2) is 23.0 Å². The van der Waals surface area contributed by atoms with Crippen molar-refractivity contribution in [2.45, 2.75) is 18.2 Å². The van der Waals surface area contributed by atoms with Crippen molar-refractivity contribution in [1.29, 1.82) is 0 Å². The number of fused-ring (bicyclic) bond motifs is 1. The van der Waals surface area contributed by atoms with Crippen LogP contribution in [-0.2, 0) is 10.0 Å². The fourth-order valence-corrected chi connectivity index (χ4v) is 4.71. The fraction of sp³-hybridized carbons (Fsp3) is 0.240. The highest BCUT2D eigenvalue weighted by atomic mass is 32.2. The van der Waals surface area contributed by atoms with Gasteiger partial charge >= 0.3 is 0 Å². The lowest BCUT2D eigenvalue weighted by Gasteiger charge is -2.15. The molecule has 0 fully saturated rings. The number of hydrogen-bond acceptors (Lipinski definition) is 7. The number of rotatable bonds is 7. The van der Waals surface area contributed by atoms with E-state index in [9.17, 15) is 13.2 Å². The molecule has 184 valence electrons. The third kappa shape index (κ3) is 5.43. The summed E-state index contributed by atoms with van der Waals surface area (Å²) in [7, 11) is -1.02. The third-order valence-electron chi connectivity index (χ3n) is 5.39. The van der Waals surface area contributed by atoms with Gasteiger partial charge in [-0.05, 0) is 48.9 Å². The van der Waals surface area contributed by atoms with Crippen molar-refractivity contribution in [3.63, 3.8) is 0 Å². The zero-order chi connectivity index (χ0) is 25.0. The molecule has 9 nitrogen and oxygen atoms in total. The van der Waals surface area contributed by atoms with Crippen LogP contribution in [0.25, 0.3) is 0 Å². The molecule has 0 atom stereocenters. The van der Waals surface area contributed by atoms with Crippen LogP contribution in [0.4, 0.5) is 11.4 Å². The summed E-state index contributed by atoms with van der Waals surface area (Å²) in [5.74, 6) is 1.58. The number of hydrogen-bond donors (Lipinski definition) is 2. The Kier molecular flexibility index (Phi) is 7.02. The van der Waals surface area contributed by atoms with Crippen molar-refractivity contribution in [2.75, 3.05) is 37.5 Å². The molecule has 1 heterocycles. The molecule has 3 aromatic carbocycles. The Morgan fingerprint density at radius 3 is 2.37 bits per heavy atom. The van der Waals surface area contributed by atoms with E-state index in [2.05, 4.69) is 10.0 Å². The zero-order valence-corrected chi connectivity index (χ0v) is 20.4. The van der Waals surface area contributed by atoms with Gasteiger partial charge in [0.25, 0.3) is 15.9 Å². The SMILES string of the molecule is COc1cc(C)c(NS(=O)(=O)c2cccc(C(=O)Nc3ccc4c(c3)OCCCO4)c2)cc1OC. The van der Waals surface area contributed by atoms with Crippen molar-refractivity contribution in [3.8, 4) is 23.0 Å². The minimum absolute atomic E-state index is 0.0574. The maximum atomic E-state index is 13.1. The predicted molar refractivity (Wildman–Crippen MR) is 132 cm³/mol. The van der Waals surface area contributed by atoms with Crippen LogP contribution < -0.4 is 29.0 Å². The Balaban J connectivity index is 1.54. The molecule has 1 aliphatic heterocycles. The molecule has 2 N–H and O–H groups in total. The van der Waals surface area contributed by atoms with E-state index in [0.717, 1.165) is 6.42 Å². The normalized spacial score (nSPS) is 12.9. The first-order chi connectivity index (χ1) is 16.8. The van der Waals surface area contributed by atoms with E-state index >= 15 is 0 Å². The highest BCUT2D eigenvalue weighted by Gasteiger charge is 2.20. The molecule has 0 aromatic heterocycles. The van der Waals surface area contributed by atoms with Crippen LogP contribution in [0.3, 0.4) is 0 Å². The maximum Gasteiger partial charge on any atom is 0.261 e. The van der Waals surface area contributed by atoms with Crippen molar-refractivity contribution in [1.82, 2.24) is 0 Å². The van der Waals surface area contributed by atoms with Gasteiger partial charge in [-0.15, -0.1) is 0 Å². The van der Waals surface area contributed by atoms with E-state index in [1.54, 1.807) is 43.3 Å². The lowest BCUT2D eigenvalue weighted by atomic mass is 10.2. The molecule has 4 rings (SSSR count). The summed E-state index contributed by atoms with van der Waals surface area (Å²) >= 11 is 0. The first kappa shape index (κ1) is 24.2. The molecule has 0 aliphatic carbocycles. The number of amides is 1. The summed E-state index contributed by atoms with van der Waals surface area (Å²) < 4.78 is 50.5. The molecule has 0 spiro atoms. The molecular weight excluding hydrogens is 472 g/mol. The predicted octanol–water partition coefficient (Wildman–Crippen LogP) is 4.23. The Bertz CT molecular complexity index is 1360. The second kappa shape index (κ2) is 10.1. The standard InChI is InChI=1S/C25H26N2O7S/c1-16-12-22(31-2)23(32-3)15-20(16)27-35(29,30)19-7-4-6-17(13-19)25(28)26-18-8-9-21-24(14-18)34-11-5-10-33-21/h4,6-9,12-15,27H,5,10-11H2,1-3H3,(H,26,28). The summed E-state index contributed by atoms with van der Waals surface area (Å²) in [5.41, 5.74) is 1.68. The Labute approximate surface area is 204 Å². The number of methoxy groups -OCH3 is 2. The van der Waals surface area contributed by atoms with Gasteiger partial charge in [0.2, 0.25) is 0 Å². The van der Waals surface area contributed by atoms with Crippen LogP contribution in [0.2, 0.25) is 0 Å². The second-order valence-corrected chi connectivity index (χ2v) is 9.50. The molecule has 1 aliphatic rings. The molecule has 1 amide bonds. The topological polar surface area (TPSA) is 112 Å². The fourth-order valence-electron chi connectivity index (χ4n) is 3.54. The van der Waals surface area contributed by atoms with Gasteiger partial charge in [0.1, 0.15) is 0 Å². The Morgan fingerprint density at radius 2 is 1.63 bits per heavy atom. The smallest absolute Gasteiger partial charge is 0.261 e. The molecule has 3 aromatic rings. The van der Waals surface area contributed by atoms with Gasteiger partial charge in [-0.1, -0.05) is 6.07 Å². The van der Waals surface area contributed by atoms with Gasteiger partial charge in [0, 0.05) is 29.8 Å². The van der Waals surface area contributed by atoms with Crippen molar-refractivity contribution < 1.29 is 32.2 Å². The molecule has 0 unspecified atom stereocenters. The Hall–Kier alpha value is -3.92. The summed E-state index contributed by atoms with van der Waals surface area (Å²) in [4.78, 5) is 12.8. The van der Waals surface area contributed by atoms with E-state index in [-0.39, 0.29) is 10.5 Å². The van der Waals surface area contributed by atoms with Gasteiger partial charge in [-0.2, -0.15) is 0 Å². The number of anilines is 2. The monoisotopic (exact) mass is 498 g/mol. The number of nitrogens with one attached hydrogen (secondary N) is 2. The van der Waals surface area contributed by atoms with E-state index in [4.69, 9.17) is 18.9 Å². The largest absolute Gasteiger partial charge is 0.493 e. The van der Waals surface area contributed by atoms with Crippen LogP contribution >= 0.6 is 0 Å². The average Bonchev–Trinajstić information content (AvgIpc) is 3.10.